The van der Waals surface area contributed by atoms with Gasteiger partial charge < -0.3 is 9.13 Å². The van der Waals surface area contributed by atoms with E-state index in [2.05, 4.69) is 422 Å². The van der Waals surface area contributed by atoms with Gasteiger partial charge >= 0.3 is 0 Å². The van der Waals surface area contributed by atoms with E-state index < -0.39 is 0 Å². The Hall–Kier alpha value is -17.5. The van der Waals surface area contributed by atoms with Gasteiger partial charge in [0.1, 0.15) is 0 Å². The van der Waals surface area contributed by atoms with Crippen LogP contribution in [0.2, 0.25) is 0 Å². The molecule has 0 bridgehead atoms. The summed E-state index contributed by atoms with van der Waals surface area (Å²) in [6, 6.07) is 173. The largest absolute Gasteiger partial charge is 0.308 e. The lowest BCUT2D eigenvalue weighted by Gasteiger charge is -2.16. The first-order chi connectivity index (χ1) is 67.4. The topological polar surface area (TPSA) is 87.2 Å². The van der Waals surface area contributed by atoms with Crippen molar-refractivity contribution < 1.29 is 0 Å². The molecular formula is C126H80N8S2. The molecule has 0 radical (unpaired) electrons. The predicted molar refractivity (Wildman–Crippen MR) is 570 cm³/mol. The van der Waals surface area contributed by atoms with Crippen LogP contribution in [0.5, 0.6) is 0 Å². The monoisotopic (exact) mass is 1770 g/mol. The van der Waals surface area contributed by atoms with Crippen LogP contribution in [-0.2, 0) is 0 Å². The van der Waals surface area contributed by atoms with Crippen molar-refractivity contribution in [1.82, 2.24) is 39.0 Å². The van der Waals surface area contributed by atoms with Gasteiger partial charge in [-0.3, -0.25) is 0 Å². The lowest BCUT2D eigenvalue weighted by Crippen LogP contribution is -2.01. The average molecular weight is 1770 g/mol. The van der Waals surface area contributed by atoms with E-state index in [0.717, 1.165) is 89.3 Å². The summed E-state index contributed by atoms with van der Waals surface area (Å²) in [6.07, 6.45) is 0. The number of hydrogen-bond donors (Lipinski definition) is 0. The van der Waals surface area contributed by atoms with E-state index in [1.807, 2.05) is 95.5 Å². The van der Waals surface area contributed by atoms with Crippen LogP contribution in [0, 0.1) is 0 Å². The highest BCUT2D eigenvalue weighted by Gasteiger charge is 2.27. The molecule has 0 aliphatic rings. The number of nitrogens with zero attached hydrogens (tertiary/aromatic N) is 8. The highest BCUT2D eigenvalue weighted by molar-refractivity contribution is 7.27. The highest BCUT2D eigenvalue weighted by atomic mass is 32.1. The number of rotatable bonds is 16. The number of thiophene rings is 2. The molecule has 0 spiro atoms. The SMILES string of the molecule is c1ccc(-c2nc(-c3ccccc3)nc(-c3cc(-c4ccc(-c5ccccc5)c(-c5ccccc5)c4)ccc3-c3ccc4c(c3)sc3c4ccc4c5ccccc5n(-c5ccccc5)c43)n2)cc1.c1ccc(-c2nc(-c3ccccc3)nc(-c3cc(-c4ccc(-c5ccccc5)c(-c5ccccc5)c4)ccc3-c3cccc4c3sc3c4ccc4c5ccccc5n(-c5ccccc5)c43)n2)cc1. The summed E-state index contributed by atoms with van der Waals surface area (Å²) in [4.78, 5) is 31.5. The first-order valence-corrected chi connectivity index (χ1v) is 47.5. The fourth-order valence-electron chi connectivity index (χ4n) is 19.7. The van der Waals surface area contributed by atoms with Crippen molar-refractivity contribution in [2.45, 2.75) is 0 Å². The summed E-state index contributed by atoms with van der Waals surface area (Å²) in [5, 5.41) is 9.95. The first kappa shape index (κ1) is 80.5. The molecule has 6 aromatic heterocycles. The van der Waals surface area contributed by atoms with Gasteiger partial charge in [0.2, 0.25) is 0 Å². The summed E-state index contributed by atoms with van der Waals surface area (Å²) >= 11 is 3.73. The van der Waals surface area contributed by atoms with Crippen LogP contribution < -0.4 is 0 Å². The molecule has 26 rings (SSSR count). The number of para-hydroxylation sites is 4. The van der Waals surface area contributed by atoms with E-state index in [1.165, 1.54) is 128 Å². The van der Waals surface area contributed by atoms with Gasteiger partial charge in [0.05, 0.1) is 31.5 Å². The number of fused-ring (bicyclic) bond motifs is 14. The van der Waals surface area contributed by atoms with E-state index in [1.54, 1.807) is 0 Å². The minimum absolute atomic E-state index is 0.614. The molecular weight excluding hydrogens is 1690 g/mol. The van der Waals surface area contributed by atoms with Crippen molar-refractivity contribution in [1.29, 1.82) is 0 Å². The summed E-state index contributed by atoms with van der Waals surface area (Å²) < 4.78 is 9.85. The maximum Gasteiger partial charge on any atom is 0.164 e. The Labute approximate surface area is 793 Å². The third-order valence-electron chi connectivity index (χ3n) is 26.2. The Bertz CT molecular complexity index is 8930. The molecule has 0 unspecified atom stereocenters. The maximum absolute atomic E-state index is 5.35. The summed E-state index contributed by atoms with van der Waals surface area (Å²) in [6.45, 7) is 0. The molecule has 0 atom stereocenters. The van der Waals surface area contributed by atoms with Crippen LogP contribution >= 0.6 is 22.7 Å². The van der Waals surface area contributed by atoms with Gasteiger partial charge in [-0.25, -0.2) is 29.9 Å². The standard InChI is InChI=1S/2C63H40N4S/c1-6-19-41(20-7-1)48-35-33-45(39-55(48)42-21-8-2-9-22-42)46-34-36-49(56(40-46)63-65-61(43-23-10-3-11-24-43)64-62(66-63)44-25-12-4-13-26-44)52-30-18-31-53-54-38-37-51-50-29-16-17-32-57(50)67(47-27-14-5-15-28-47)58(51)60(54)68-59(52)53;1-6-18-41(19-7-1)49-33-30-45(38-55(49)42-20-8-2-9-21-42)46-31-34-50(56(39-46)63-65-61(43-22-10-3-11-23-43)64-62(66-63)44-24-12-4-13-25-44)47-32-35-52-54-37-36-53-51-28-16-17-29-57(51)67(48-26-14-5-15-27-48)59(53)60(54)68-58(52)40-47/h2*1-40H. The fourth-order valence-corrected chi connectivity index (χ4v) is 22.4. The molecule has 0 aliphatic heterocycles. The molecule has 636 valence electrons. The second-order valence-corrected chi connectivity index (χ2v) is 36.3. The molecule has 6 heterocycles. The zero-order chi connectivity index (χ0) is 89.9. The third-order valence-corrected chi connectivity index (χ3v) is 28.6. The first-order valence-electron chi connectivity index (χ1n) is 45.9. The Morgan fingerprint density at radius 2 is 0.426 bits per heavy atom. The summed E-state index contributed by atoms with van der Waals surface area (Å²) in [7, 11) is 0. The van der Waals surface area contributed by atoms with Crippen molar-refractivity contribution in [3.8, 4) is 169 Å². The normalized spacial score (nSPS) is 11.5. The lowest BCUT2D eigenvalue weighted by atomic mass is 9.89. The molecule has 0 saturated heterocycles. The van der Waals surface area contributed by atoms with Crippen LogP contribution in [0.15, 0.2) is 485 Å². The second-order valence-electron chi connectivity index (χ2n) is 34.2. The Morgan fingerprint density at radius 3 is 0.831 bits per heavy atom. The third kappa shape index (κ3) is 14.7. The Balaban J connectivity index is 0.000000145. The zero-order valence-corrected chi connectivity index (χ0v) is 75.2. The number of aromatic nitrogens is 8. The van der Waals surface area contributed by atoms with E-state index in [-0.39, 0.29) is 0 Å². The average Bonchev–Trinajstić information content (AvgIpc) is 1.56. The van der Waals surface area contributed by atoms with E-state index >= 15 is 0 Å². The molecule has 0 amide bonds. The Morgan fingerprint density at radius 1 is 0.147 bits per heavy atom. The van der Waals surface area contributed by atoms with Crippen molar-refractivity contribution in [3.63, 3.8) is 0 Å². The lowest BCUT2D eigenvalue weighted by molar-refractivity contribution is 1.07. The van der Waals surface area contributed by atoms with Crippen LogP contribution in [0.3, 0.4) is 0 Å². The van der Waals surface area contributed by atoms with Crippen LogP contribution in [-0.4, -0.2) is 39.0 Å². The minimum Gasteiger partial charge on any atom is -0.308 e. The maximum atomic E-state index is 5.35. The molecule has 8 nitrogen and oxygen atoms in total. The van der Waals surface area contributed by atoms with E-state index in [0.29, 0.717) is 34.9 Å². The zero-order valence-electron chi connectivity index (χ0n) is 73.6. The molecule has 0 N–H and O–H groups in total. The van der Waals surface area contributed by atoms with Crippen LogP contribution in [0.4, 0.5) is 0 Å². The highest BCUT2D eigenvalue weighted by Crippen LogP contribution is 2.51. The van der Waals surface area contributed by atoms with Gasteiger partial charge in [-0.15, -0.1) is 22.7 Å². The second kappa shape index (κ2) is 34.6. The van der Waals surface area contributed by atoms with Crippen molar-refractivity contribution >= 4 is 107 Å². The molecule has 0 saturated carbocycles. The van der Waals surface area contributed by atoms with Gasteiger partial charge in [0, 0.05) is 103 Å². The smallest absolute Gasteiger partial charge is 0.164 e. The van der Waals surface area contributed by atoms with E-state index in [9.17, 15) is 0 Å². The van der Waals surface area contributed by atoms with Gasteiger partial charge in [0.25, 0.3) is 0 Å². The van der Waals surface area contributed by atoms with Crippen molar-refractivity contribution in [3.05, 3.63) is 485 Å². The van der Waals surface area contributed by atoms with Gasteiger partial charge in [-0.05, 0) is 150 Å². The van der Waals surface area contributed by atoms with E-state index in [4.69, 9.17) is 29.9 Å². The molecule has 10 heteroatoms. The summed E-state index contributed by atoms with van der Waals surface area (Å²) in [5.74, 6) is 3.73. The van der Waals surface area contributed by atoms with Gasteiger partial charge in [0.15, 0.2) is 34.9 Å². The van der Waals surface area contributed by atoms with Crippen LogP contribution in [0.1, 0.15) is 0 Å². The van der Waals surface area contributed by atoms with Gasteiger partial charge in [-0.2, -0.15) is 0 Å². The predicted octanol–water partition coefficient (Wildman–Crippen LogP) is 34.0. The number of benzene rings is 20. The Kier molecular flexibility index (Phi) is 20.5. The van der Waals surface area contributed by atoms with Crippen LogP contribution in [0.25, 0.3) is 253 Å². The quantitative estimate of drug-likeness (QED) is 0.0958. The number of hydrogen-bond acceptors (Lipinski definition) is 8. The molecule has 0 fully saturated rings. The fraction of sp³-hybridized carbons (Fsp3) is 0. The molecule has 20 aromatic carbocycles. The molecule has 26 aromatic rings. The van der Waals surface area contributed by atoms with Crippen molar-refractivity contribution in [2.75, 3.05) is 0 Å². The molecule has 136 heavy (non-hydrogen) atoms. The minimum atomic E-state index is 0.614. The van der Waals surface area contributed by atoms with Crippen molar-refractivity contribution in [2.24, 2.45) is 0 Å². The molecule has 0 aliphatic carbocycles. The van der Waals surface area contributed by atoms with Gasteiger partial charge in [-0.1, -0.05) is 419 Å². The summed E-state index contributed by atoms with van der Waals surface area (Å²) in [5.41, 5.74) is 30.8.